The van der Waals surface area contributed by atoms with Crippen molar-refractivity contribution in [2.45, 2.75) is 38.1 Å². The lowest BCUT2D eigenvalue weighted by Gasteiger charge is -2.36. The van der Waals surface area contributed by atoms with E-state index in [2.05, 4.69) is 5.32 Å². The molecule has 27 heavy (non-hydrogen) atoms. The van der Waals surface area contributed by atoms with Gasteiger partial charge in [0.2, 0.25) is 5.91 Å². The highest BCUT2D eigenvalue weighted by Crippen LogP contribution is 2.19. The van der Waals surface area contributed by atoms with Gasteiger partial charge in [-0.15, -0.1) is 0 Å². The van der Waals surface area contributed by atoms with Crippen molar-refractivity contribution >= 4 is 29.8 Å². The van der Waals surface area contributed by atoms with Crippen LogP contribution in [0.3, 0.4) is 0 Å². The van der Waals surface area contributed by atoms with Crippen LogP contribution in [-0.4, -0.2) is 69.5 Å². The Morgan fingerprint density at radius 1 is 1.30 bits per heavy atom. The Morgan fingerprint density at radius 3 is 2.63 bits per heavy atom. The number of carboxylic acid groups (broad SMARTS) is 2. The smallest absolute Gasteiger partial charge is 0.480 e. The van der Waals surface area contributed by atoms with Crippen LogP contribution in [-0.2, 0) is 20.7 Å². The lowest BCUT2D eigenvalue weighted by molar-refractivity contribution is -0.144. The van der Waals surface area contributed by atoms with Crippen LogP contribution >= 0.6 is 11.8 Å². The van der Waals surface area contributed by atoms with Crippen LogP contribution in [0, 0.1) is 0 Å². The molecule has 0 spiro atoms. The van der Waals surface area contributed by atoms with E-state index < -0.39 is 30.4 Å². The molecule has 9 heteroatoms. The van der Waals surface area contributed by atoms with Crippen molar-refractivity contribution in [1.82, 2.24) is 10.2 Å². The maximum atomic E-state index is 12.7. The lowest BCUT2D eigenvalue weighted by Crippen LogP contribution is -2.56. The van der Waals surface area contributed by atoms with Crippen LogP contribution in [0.1, 0.15) is 18.9 Å². The van der Waals surface area contributed by atoms with E-state index in [9.17, 15) is 19.5 Å². The molecule has 1 aromatic rings. The Labute approximate surface area is 161 Å². The van der Waals surface area contributed by atoms with E-state index in [-0.39, 0.29) is 5.91 Å². The van der Waals surface area contributed by atoms with Gasteiger partial charge in [0.15, 0.2) is 6.23 Å². The molecular weight excluding hydrogens is 372 g/mol. The molecule has 8 nitrogen and oxygen atoms in total. The summed E-state index contributed by atoms with van der Waals surface area (Å²) in [6, 6.07) is 7.86. The summed E-state index contributed by atoms with van der Waals surface area (Å²) in [4.78, 5) is 36.5. The van der Waals surface area contributed by atoms with Gasteiger partial charge in [0.25, 0.3) is 0 Å². The molecule has 2 rings (SSSR count). The van der Waals surface area contributed by atoms with Gasteiger partial charge in [-0.05, 0) is 25.3 Å². The average molecular weight is 396 g/mol. The number of carbonyl (C=O) groups is 3. The van der Waals surface area contributed by atoms with Crippen LogP contribution < -0.4 is 5.32 Å². The summed E-state index contributed by atoms with van der Waals surface area (Å²) in [5.74, 6) is -0.360. The Bertz CT molecular complexity index is 657. The zero-order valence-corrected chi connectivity index (χ0v) is 15.9. The summed E-state index contributed by atoms with van der Waals surface area (Å²) >= 11 is 1.51. The second-order valence-corrected chi connectivity index (χ2v) is 7.40. The monoisotopic (exact) mass is 396 g/mol. The highest BCUT2D eigenvalue weighted by atomic mass is 32.2. The molecule has 2 unspecified atom stereocenters. The minimum atomic E-state index is -1.44. The first-order chi connectivity index (χ1) is 12.9. The molecule has 3 atom stereocenters. The fourth-order valence-electron chi connectivity index (χ4n) is 2.90. The fourth-order valence-corrected chi connectivity index (χ4v) is 3.84. The third kappa shape index (κ3) is 6.44. The summed E-state index contributed by atoms with van der Waals surface area (Å²) in [6.07, 6.45) is -1.39. The van der Waals surface area contributed by atoms with Gasteiger partial charge in [0.1, 0.15) is 6.04 Å². The Kier molecular flexibility index (Phi) is 7.93. The van der Waals surface area contributed by atoms with E-state index in [4.69, 9.17) is 9.84 Å². The van der Waals surface area contributed by atoms with Gasteiger partial charge in [-0.1, -0.05) is 30.3 Å². The second kappa shape index (κ2) is 10.2. The molecule has 1 aliphatic rings. The molecule has 1 saturated heterocycles. The van der Waals surface area contributed by atoms with Crippen LogP contribution in [0.25, 0.3) is 0 Å². The largest absolute Gasteiger partial charge is 0.507 e. The lowest BCUT2D eigenvalue weighted by atomic mass is 10.0. The van der Waals surface area contributed by atoms with E-state index in [1.54, 1.807) is 6.92 Å². The van der Waals surface area contributed by atoms with Crippen LogP contribution in [0.15, 0.2) is 30.3 Å². The van der Waals surface area contributed by atoms with Gasteiger partial charge in [-0.25, -0.2) is 4.79 Å². The van der Waals surface area contributed by atoms with E-state index in [1.165, 1.54) is 16.7 Å². The van der Waals surface area contributed by atoms with Crippen molar-refractivity contribution in [2.75, 3.05) is 18.1 Å². The summed E-state index contributed by atoms with van der Waals surface area (Å²) in [5.41, 5.74) is 1.02. The van der Waals surface area contributed by atoms with Crippen molar-refractivity contribution in [2.24, 2.45) is 0 Å². The standard InChI is InChI=1S/C18H24N2O6S/c1-12(16(21)20-9-10-27-11-15(20)26-18(24)25)19-14(17(22)23)8-7-13-5-3-2-4-6-13/h2-6,12,14-15,19H,7-11H2,1H3,(H,22,23)(H,24,25)/t12-,14?,15?/m0/s1. The molecule has 1 amide bonds. The van der Waals surface area contributed by atoms with E-state index in [1.807, 2.05) is 30.3 Å². The number of nitrogens with zero attached hydrogens (tertiary/aromatic N) is 1. The minimum Gasteiger partial charge on any atom is -0.480 e. The first-order valence-corrected chi connectivity index (χ1v) is 9.84. The normalized spacial score (nSPS) is 19.1. The Morgan fingerprint density at radius 2 is 2.00 bits per heavy atom. The predicted molar refractivity (Wildman–Crippen MR) is 101 cm³/mol. The Hall–Kier alpha value is -2.26. The number of amides is 1. The molecule has 0 aromatic heterocycles. The molecule has 0 bridgehead atoms. The molecule has 1 aliphatic heterocycles. The maximum absolute atomic E-state index is 12.7. The quantitative estimate of drug-likeness (QED) is 0.568. The maximum Gasteiger partial charge on any atom is 0.507 e. The first-order valence-electron chi connectivity index (χ1n) is 8.69. The van der Waals surface area contributed by atoms with Crippen molar-refractivity contribution in [3.8, 4) is 0 Å². The molecular formula is C18H24N2O6S. The fraction of sp³-hybridized carbons (Fsp3) is 0.500. The van der Waals surface area contributed by atoms with Crippen LogP contribution in [0.4, 0.5) is 4.79 Å². The summed E-state index contributed by atoms with van der Waals surface area (Å²) < 4.78 is 4.79. The molecule has 0 saturated carbocycles. The zero-order valence-electron chi connectivity index (χ0n) is 15.0. The van der Waals surface area contributed by atoms with Gasteiger partial charge >= 0.3 is 12.1 Å². The van der Waals surface area contributed by atoms with Crippen LogP contribution in [0.5, 0.6) is 0 Å². The van der Waals surface area contributed by atoms with Gasteiger partial charge < -0.3 is 19.8 Å². The van der Waals surface area contributed by atoms with Gasteiger partial charge in [0.05, 0.1) is 11.8 Å². The number of aryl methyl sites for hydroxylation is 1. The third-order valence-electron chi connectivity index (χ3n) is 4.29. The van der Waals surface area contributed by atoms with Gasteiger partial charge in [-0.2, -0.15) is 11.8 Å². The number of hydrogen-bond donors (Lipinski definition) is 3. The van der Waals surface area contributed by atoms with Crippen LogP contribution in [0.2, 0.25) is 0 Å². The Balaban J connectivity index is 1.96. The number of rotatable bonds is 8. The van der Waals surface area contributed by atoms with E-state index in [0.717, 1.165) is 5.56 Å². The second-order valence-electron chi connectivity index (χ2n) is 6.25. The number of thioether (sulfide) groups is 1. The number of ether oxygens (including phenoxy) is 1. The number of aliphatic carboxylic acids is 1. The summed E-state index contributed by atoms with van der Waals surface area (Å²) in [5, 5.41) is 21.2. The van der Waals surface area contributed by atoms with Gasteiger partial charge in [0, 0.05) is 12.3 Å². The first kappa shape index (κ1) is 21.0. The molecule has 1 fully saturated rings. The minimum absolute atomic E-state index is 0.335. The number of carboxylic acids is 1. The number of carbonyl (C=O) groups excluding carboxylic acids is 1. The summed E-state index contributed by atoms with van der Waals surface area (Å²) in [7, 11) is 0. The molecule has 1 aromatic carbocycles. The molecule has 3 N–H and O–H groups in total. The SMILES string of the molecule is C[C@H](NC(CCc1ccccc1)C(=O)O)C(=O)N1CCSCC1OC(=O)O. The van der Waals surface area contributed by atoms with E-state index in [0.29, 0.717) is 30.9 Å². The zero-order chi connectivity index (χ0) is 19.8. The topological polar surface area (TPSA) is 116 Å². The van der Waals surface area contributed by atoms with Gasteiger partial charge in [-0.3, -0.25) is 14.9 Å². The van der Waals surface area contributed by atoms with Crippen molar-refractivity contribution in [3.05, 3.63) is 35.9 Å². The molecule has 0 aliphatic carbocycles. The highest BCUT2D eigenvalue weighted by molar-refractivity contribution is 7.99. The number of hydrogen-bond acceptors (Lipinski definition) is 6. The number of nitrogens with one attached hydrogen (secondary N) is 1. The highest BCUT2D eigenvalue weighted by Gasteiger charge is 2.34. The van der Waals surface area contributed by atoms with Crippen molar-refractivity contribution in [1.29, 1.82) is 0 Å². The number of benzene rings is 1. The molecule has 0 radical (unpaired) electrons. The third-order valence-corrected chi connectivity index (χ3v) is 5.28. The van der Waals surface area contributed by atoms with Crippen molar-refractivity contribution in [3.63, 3.8) is 0 Å². The summed E-state index contributed by atoms with van der Waals surface area (Å²) in [6.45, 7) is 1.94. The molecule has 148 valence electrons. The van der Waals surface area contributed by atoms with E-state index >= 15 is 0 Å². The average Bonchev–Trinajstić information content (AvgIpc) is 2.65. The molecule has 1 heterocycles. The predicted octanol–water partition coefficient (Wildman–Crippen LogP) is 1.65. The van der Waals surface area contributed by atoms with Crippen molar-refractivity contribution < 1.29 is 29.3 Å².